The molecule has 0 saturated carbocycles. The standard InChI is InChI=1S/C21H20F2N4O/c22-16-4-6-18(7-5-16)24-21(28)14-26-9-11-27(12-10-26)20-8-2-15-1-3-17(23)13-19(15)25-20/h1-8,13H,9-12,14H2,(H,24,28). The SMILES string of the molecule is O=C(CN1CCN(c2ccc3ccc(F)cc3n2)CC1)Nc1ccc(F)cc1. The molecule has 1 N–H and O–H groups in total. The third kappa shape index (κ3) is 4.26. The highest BCUT2D eigenvalue weighted by Gasteiger charge is 2.20. The minimum Gasteiger partial charge on any atom is -0.354 e. The van der Waals surface area contributed by atoms with Crippen LogP contribution in [0.25, 0.3) is 10.9 Å². The van der Waals surface area contributed by atoms with Gasteiger partial charge in [0.25, 0.3) is 0 Å². The first-order chi connectivity index (χ1) is 13.6. The largest absolute Gasteiger partial charge is 0.354 e. The van der Waals surface area contributed by atoms with Crippen molar-refractivity contribution in [3.8, 4) is 0 Å². The molecule has 3 aromatic rings. The second-order valence-corrected chi connectivity index (χ2v) is 6.82. The van der Waals surface area contributed by atoms with Crippen molar-refractivity contribution in [1.29, 1.82) is 0 Å². The van der Waals surface area contributed by atoms with E-state index in [4.69, 9.17) is 0 Å². The second-order valence-electron chi connectivity index (χ2n) is 6.82. The van der Waals surface area contributed by atoms with E-state index in [2.05, 4.69) is 20.1 Å². The molecule has 2 heterocycles. The molecule has 1 saturated heterocycles. The lowest BCUT2D eigenvalue weighted by atomic mass is 10.2. The molecular weight excluding hydrogens is 362 g/mol. The number of halogens is 2. The first-order valence-corrected chi connectivity index (χ1v) is 9.16. The van der Waals surface area contributed by atoms with Crippen LogP contribution in [0, 0.1) is 11.6 Å². The summed E-state index contributed by atoms with van der Waals surface area (Å²) >= 11 is 0. The van der Waals surface area contributed by atoms with Crippen molar-refractivity contribution in [2.24, 2.45) is 0 Å². The number of pyridine rings is 1. The van der Waals surface area contributed by atoms with Gasteiger partial charge in [-0.1, -0.05) is 0 Å². The number of nitrogens with zero attached hydrogens (tertiary/aromatic N) is 3. The highest BCUT2D eigenvalue weighted by atomic mass is 19.1. The Balaban J connectivity index is 1.33. The van der Waals surface area contributed by atoms with Gasteiger partial charge in [0.2, 0.25) is 5.91 Å². The number of aromatic nitrogens is 1. The summed E-state index contributed by atoms with van der Waals surface area (Å²) in [6.07, 6.45) is 0. The predicted octanol–water partition coefficient (Wildman–Crippen LogP) is 3.27. The van der Waals surface area contributed by atoms with Gasteiger partial charge in [-0.3, -0.25) is 9.69 Å². The summed E-state index contributed by atoms with van der Waals surface area (Å²) in [6, 6.07) is 14.2. The Morgan fingerprint density at radius 1 is 0.929 bits per heavy atom. The zero-order chi connectivity index (χ0) is 19.5. The fourth-order valence-electron chi connectivity index (χ4n) is 3.33. The summed E-state index contributed by atoms with van der Waals surface area (Å²) < 4.78 is 26.4. The molecule has 1 fully saturated rings. The van der Waals surface area contributed by atoms with Gasteiger partial charge in [-0.15, -0.1) is 0 Å². The van der Waals surface area contributed by atoms with E-state index in [0.717, 1.165) is 37.4 Å². The molecule has 2 aromatic carbocycles. The zero-order valence-corrected chi connectivity index (χ0v) is 15.2. The van der Waals surface area contributed by atoms with Crippen LogP contribution in [0.3, 0.4) is 0 Å². The molecule has 0 radical (unpaired) electrons. The van der Waals surface area contributed by atoms with Crippen molar-refractivity contribution < 1.29 is 13.6 Å². The van der Waals surface area contributed by atoms with Gasteiger partial charge in [0.05, 0.1) is 12.1 Å². The molecule has 1 aliphatic rings. The third-order valence-corrected chi connectivity index (χ3v) is 4.83. The molecule has 4 rings (SSSR count). The van der Waals surface area contributed by atoms with E-state index >= 15 is 0 Å². The zero-order valence-electron chi connectivity index (χ0n) is 15.2. The minimum atomic E-state index is -0.334. The fourth-order valence-corrected chi connectivity index (χ4v) is 3.33. The van der Waals surface area contributed by atoms with Gasteiger partial charge in [0, 0.05) is 43.3 Å². The number of rotatable bonds is 4. The van der Waals surface area contributed by atoms with Gasteiger partial charge in [0.15, 0.2) is 0 Å². The summed E-state index contributed by atoms with van der Waals surface area (Å²) in [5.74, 6) is 0.0566. The smallest absolute Gasteiger partial charge is 0.238 e. The van der Waals surface area contributed by atoms with Crippen molar-refractivity contribution >= 4 is 28.3 Å². The average Bonchev–Trinajstić information content (AvgIpc) is 2.70. The molecule has 0 unspecified atom stereocenters. The van der Waals surface area contributed by atoms with E-state index in [9.17, 15) is 13.6 Å². The number of benzene rings is 2. The monoisotopic (exact) mass is 382 g/mol. The molecule has 7 heteroatoms. The summed E-state index contributed by atoms with van der Waals surface area (Å²) in [5, 5.41) is 3.68. The van der Waals surface area contributed by atoms with Gasteiger partial charge >= 0.3 is 0 Å². The van der Waals surface area contributed by atoms with Gasteiger partial charge in [-0.05, 0) is 48.5 Å². The van der Waals surface area contributed by atoms with Gasteiger partial charge in [-0.25, -0.2) is 13.8 Å². The van der Waals surface area contributed by atoms with Gasteiger partial charge in [0.1, 0.15) is 17.5 Å². The Kier molecular flexibility index (Phi) is 5.16. The van der Waals surface area contributed by atoms with Crippen LogP contribution < -0.4 is 10.2 Å². The van der Waals surface area contributed by atoms with Crippen molar-refractivity contribution in [2.75, 3.05) is 42.9 Å². The summed E-state index contributed by atoms with van der Waals surface area (Å²) in [5.41, 5.74) is 1.22. The topological polar surface area (TPSA) is 48.5 Å². The molecule has 0 atom stereocenters. The van der Waals surface area contributed by atoms with Crippen LogP contribution >= 0.6 is 0 Å². The van der Waals surface area contributed by atoms with Gasteiger partial charge in [-0.2, -0.15) is 0 Å². The maximum absolute atomic E-state index is 13.4. The molecule has 144 valence electrons. The number of hydrogen-bond donors (Lipinski definition) is 1. The Bertz CT molecular complexity index is 985. The molecule has 5 nitrogen and oxygen atoms in total. The molecule has 28 heavy (non-hydrogen) atoms. The number of nitrogens with one attached hydrogen (secondary N) is 1. The molecular formula is C21H20F2N4O. The second kappa shape index (κ2) is 7.90. The van der Waals surface area contributed by atoms with Crippen molar-refractivity contribution in [2.45, 2.75) is 0 Å². The number of fused-ring (bicyclic) bond motifs is 1. The molecule has 1 aliphatic heterocycles. The molecule has 1 amide bonds. The van der Waals surface area contributed by atoms with E-state index in [1.165, 1.54) is 24.3 Å². The summed E-state index contributed by atoms with van der Waals surface area (Å²) in [6.45, 7) is 3.19. The van der Waals surface area contributed by atoms with Crippen LogP contribution in [0.15, 0.2) is 54.6 Å². The quantitative estimate of drug-likeness (QED) is 0.752. The first-order valence-electron chi connectivity index (χ1n) is 9.16. The number of hydrogen-bond acceptors (Lipinski definition) is 4. The minimum absolute atomic E-state index is 0.126. The Morgan fingerprint density at radius 3 is 2.36 bits per heavy atom. The number of carbonyl (C=O) groups is 1. The highest BCUT2D eigenvalue weighted by molar-refractivity contribution is 5.92. The Morgan fingerprint density at radius 2 is 1.61 bits per heavy atom. The number of piperazine rings is 1. The van der Waals surface area contributed by atoms with Crippen LogP contribution in [0.2, 0.25) is 0 Å². The third-order valence-electron chi connectivity index (χ3n) is 4.83. The fraction of sp³-hybridized carbons (Fsp3) is 0.238. The normalized spacial score (nSPS) is 15.0. The Labute approximate surface area is 161 Å². The Hall–Kier alpha value is -3.06. The predicted molar refractivity (Wildman–Crippen MR) is 105 cm³/mol. The van der Waals surface area contributed by atoms with E-state index in [1.54, 1.807) is 18.2 Å². The molecule has 0 bridgehead atoms. The van der Waals surface area contributed by atoms with E-state index in [0.29, 0.717) is 11.2 Å². The molecule has 0 aliphatic carbocycles. The first kappa shape index (κ1) is 18.3. The lowest BCUT2D eigenvalue weighted by Crippen LogP contribution is -2.48. The van der Waals surface area contributed by atoms with Crippen LogP contribution in [0.5, 0.6) is 0 Å². The van der Waals surface area contributed by atoms with Crippen LogP contribution in [0.4, 0.5) is 20.3 Å². The van der Waals surface area contributed by atoms with Crippen molar-refractivity contribution in [3.05, 3.63) is 66.2 Å². The summed E-state index contributed by atoms with van der Waals surface area (Å²) in [7, 11) is 0. The lowest BCUT2D eigenvalue weighted by Gasteiger charge is -2.35. The van der Waals surface area contributed by atoms with Crippen molar-refractivity contribution in [3.63, 3.8) is 0 Å². The summed E-state index contributed by atoms with van der Waals surface area (Å²) in [4.78, 5) is 21.0. The van der Waals surface area contributed by atoms with E-state index < -0.39 is 0 Å². The maximum Gasteiger partial charge on any atom is 0.238 e. The van der Waals surface area contributed by atoms with Gasteiger partial charge < -0.3 is 10.2 Å². The average molecular weight is 382 g/mol. The van der Waals surface area contributed by atoms with E-state index in [1.807, 2.05) is 12.1 Å². The number of carbonyl (C=O) groups excluding carboxylic acids is 1. The van der Waals surface area contributed by atoms with E-state index in [-0.39, 0.29) is 24.1 Å². The molecule has 0 spiro atoms. The number of anilines is 2. The molecule has 1 aromatic heterocycles. The van der Waals surface area contributed by atoms with Crippen LogP contribution in [0.1, 0.15) is 0 Å². The van der Waals surface area contributed by atoms with Crippen molar-refractivity contribution in [1.82, 2.24) is 9.88 Å². The lowest BCUT2D eigenvalue weighted by molar-refractivity contribution is -0.117. The van der Waals surface area contributed by atoms with Crippen LogP contribution in [-0.2, 0) is 4.79 Å². The highest BCUT2D eigenvalue weighted by Crippen LogP contribution is 2.20. The number of amides is 1. The maximum atomic E-state index is 13.4. The van der Waals surface area contributed by atoms with Crippen LogP contribution in [-0.4, -0.2) is 48.5 Å².